The monoisotopic (exact) mass is 159 g/mol. The van der Waals surface area contributed by atoms with Gasteiger partial charge in [0.05, 0.1) is 0 Å². The van der Waals surface area contributed by atoms with E-state index in [-0.39, 0.29) is 0 Å². The van der Waals surface area contributed by atoms with Gasteiger partial charge in [-0.3, -0.25) is 0 Å². The molecule has 10 heavy (non-hydrogen) atoms. The van der Waals surface area contributed by atoms with Crippen molar-refractivity contribution in [2.75, 3.05) is 11.5 Å². The van der Waals surface area contributed by atoms with E-state index < -0.39 is 0 Å². The molecule has 3 nitrogen and oxygen atoms in total. The molecule has 1 rings (SSSR count). The molecule has 0 fully saturated rings. The van der Waals surface area contributed by atoms with E-state index in [0.717, 1.165) is 4.88 Å². The molecule has 0 spiro atoms. The number of anilines is 2. The molecule has 1 aromatic rings. The second-order valence-corrected chi connectivity index (χ2v) is 2.73. The summed E-state index contributed by atoms with van der Waals surface area (Å²) in [6.45, 7) is 5.89. The summed E-state index contributed by atoms with van der Waals surface area (Å²) in [5.74, 6) is 0.549. The summed E-state index contributed by atoms with van der Waals surface area (Å²) in [5.41, 5.74) is 10.7. The molecule has 0 radical (unpaired) electrons. The predicted octanol–water partition coefficient (Wildman–Crippen LogP) is 1.64. The van der Waals surface area contributed by atoms with Crippen LogP contribution in [0, 0.1) is 6.92 Å². The minimum atomic E-state index is 0.542. The van der Waals surface area contributed by atoms with Gasteiger partial charge in [0.1, 0.15) is 5.82 Å². The van der Waals surface area contributed by atoms with Gasteiger partial charge in [-0.1, -0.05) is 13.8 Å². The van der Waals surface area contributed by atoms with Crippen LogP contribution in [0.4, 0.5) is 10.9 Å². The van der Waals surface area contributed by atoms with Crippen LogP contribution >= 0.6 is 11.3 Å². The Kier molecular flexibility index (Phi) is 3.79. The predicted molar refractivity (Wildman–Crippen MR) is 47.0 cm³/mol. The highest BCUT2D eigenvalue weighted by atomic mass is 32.1. The van der Waals surface area contributed by atoms with Crippen molar-refractivity contribution >= 4 is 22.3 Å². The van der Waals surface area contributed by atoms with Gasteiger partial charge in [-0.2, -0.15) is 0 Å². The molecular formula is C6H13N3S. The topological polar surface area (TPSA) is 64.9 Å². The number of nitrogens with zero attached hydrogens (tertiary/aromatic N) is 1. The Labute approximate surface area is 65.1 Å². The number of hydrogen-bond acceptors (Lipinski definition) is 4. The summed E-state index contributed by atoms with van der Waals surface area (Å²) in [5, 5.41) is 0.542. The van der Waals surface area contributed by atoms with Crippen molar-refractivity contribution in [3.63, 3.8) is 0 Å². The van der Waals surface area contributed by atoms with Crippen molar-refractivity contribution < 1.29 is 0 Å². The van der Waals surface area contributed by atoms with Gasteiger partial charge < -0.3 is 11.5 Å². The fraction of sp³-hybridized carbons (Fsp3) is 0.500. The normalized spacial score (nSPS) is 8.30. The zero-order chi connectivity index (χ0) is 8.15. The van der Waals surface area contributed by atoms with E-state index in [0.29, 0.717) is 10.9 Å². The molecule has 0 aliphatic carbocycles. The van der Waals surface area contributed by atoms with E-state index >= 15 is 0 Å². The number of nitrogen functional groups attached to an aromatic ring is 2. The van der Waals surface area contributed by atoms with E-state index in [1.807, 2.05) is 20.8 Å². The number of aromatic nitrogens is 1. The molecule has 0 saturated carbocycles. The van der Waals surface area contributed by atoms with Crippen LogP contribution in [0.1, 0.15) is 18.7 Å². The van der Waals surface area contributed by atoms with E-state index in [1.54, 1.807) is 0 Å². The van der Waals surface area contributed by atoms with Crippen molar-refractivity contribution in [3.05, 3.63) is 4.88 Å². The highest BCUT2D eigenvalue weighted by molar-refractivity contribution is 7.15. The zero-order valence-corrected chi connectivity index (χ0v) is 7.33. The quantitative estimate of drug-likeness (QED) is 0.605. The smallest absolute Gasteiger partial charge is 0.182 e. The average Bonchev–Trinajstić information content (AvgIpc) is 2.16. The first-order valence-corrected chi connectivity index (χ1v) is 4.00. The first-order chi connectivity index (χ1) is 4.70. The number of thiazole rings is 1. The van der Waals surface area contributed by atoms with Gasteiger partial charge in [-0.25, -0.2) is 4.98 Å². The van der Waals surface area contributed by atoms with Crippen LogP contribution in [0.5, 0.6) is 0 Å². The van der Waals surface area contributed by atoms with Crippen LogP contribution < -0.4 is 11.5 Å². The third-order valence-electron chi connectivity index (χ3n) is 0.849. The molecule has 4 N–H and O–H groups in total. The fourth-order valence-electron chi connectivity index (χ4n) is 0.429. The van der Waals surface area contributed by atoms with Gasteiger partial charge in [-0.15, -0.1) is 11.3 Å². The zero-order valence-electron chi connectivity index (χ0n) is 6.51. The van der Waals surface area contributed by atoms with Gasteiger partial charge in [0.15, 0.2) is 5.13 Å². The second-order valence-electron chi connectivity index (χ2n) is 1.49. The lowest BCUT2D eigenvalue weighted by Gasteiger charge is -1.78. The lowest BCUT2D eigenvalue weighted by molar-refractivity contribution is 1.39. The minimum Gasteiger partial charge on any atom is -0.383 e. The van der Waals surface area contributed by atoms with Crippen LogP contribution in [-0.4, -0.2) is 4.98 Å². The summed E-state index contributed by atoms with van der Waals surface area (Å²) in [6, 6.07) is 0. The van der Waals surface area contributed by atoms with E-state index in [9.17, 15) is 0 Å². The SMILES string of the molecule is CC.Cc1sc(N)nc1N. The molecule has 0 saturated heterocycles. The summed E-state index contributed by atoms with van der Waals surface area (Å²) in [6.07, 6.45) is 0. The first kappa shape index (κ1) is 9.23. The van der Waals surface area contributed by atoms with Gasteiger partial charge in [0.25, 0.3) is 0 Å². The van der Waals surface area contributed by atoms with Gasteiger partial charge >= 0.3 is 0 Å². The first-order valence-electron chi connectivity index (χ1n) is 3.18. The third kappa shape index (κ3) is 2.23. The fourth-order valence-corrected chi connectivity index (χ4v) is 1.04. The van der Waals surface area contributed by atoms with Crippen LogP contribution in [0.2, 0.25) is 0 Å². The molecule has 0 atom stereocenters. The maximum Gasteiger partial charge on any atom is 0.182 e. The van der Waals surface area contributed by atoms with E-state index in [4.69, 9.17) is 11.5 Å². The molecule has 0 aliphatic rings. The van der Waals surface area contributed by atoms with Crippen molar-refractivity contribution in [1.29, 1.82) is 0 Å². The lowest BCUT2D eigenvalue weighted by atomic mass is 10.6. The molecule has 1 aromatic heterocycles. The van der Waals surface area contributed by atoms with Crippen LogP contribution in [0.15, 0.2) is 0 Å². The molecule has 0 aromatic carbocycles. The molecule has 4 heteroatoms. The highest BCUT2D eigenvalue weighted by Gasteiger charge is 1.97. The standard InChI is InChI=1S/C4H7N3S.C2H6/c1-2-3(5)7-4(6)8-2;1-2/h5H2,1H3,(H2,6,7);1-2H3. The van der Waals surface area contributed by atoms with Crippen molar-refractivity contribution in [2.45, 2.75) is 20.8 Å². The van der Waals surface area contributed by atoms with Crippen molar-refractivity contribution in [3.8, 4) is 0 Å². The van der Waals surface area contributed by atoms with Gasteiger partial charge in [0.2, 0.25) is 0 Å². The summed E-state index contributed by atoms with van der Waals surface area (Å²) in [7, 11) is 0. The maximum absolute atomic E-state index is 5.36. The van der Waals surface area contributed by atoms with Crippen molar-refractivity contribution in [1.82, 2.24) is 4.98 Å². The van der Waals surface area contributed by atoms with Crippen molar-refractivity contribution in [2.24, 2.45) is 0 Å². The minimum absolute atomic E-state index is 0.542. The number of hydrogen-bond donors (Lipinski definition) is 2. The van der Waals surface area contributed by atoms with Gasteiger partial charge in [0, 0.05) is 4.88 Å². The molecule has 1 heterocycles. The van der Waals surface area contributed by atoms with Crippen LogP contribution in [0.3, 0.4) is 0 Å². The molecule has 0 aliphatic heterocycles. The molecule has 0 unspecified atom stereocenters. The van der Waals surface area contributed by atoms with Gasteiger partial charge in [-0.05, 0) is 6.92 Å². The van der Waals surface area contributed by atoms with E-state index in [1.165, 1.54) is 11.3 Å². The second kappa shape index (κ2) is 4.11. The number of aryl methyl sites for hydroxylation is 1. The molecule has 58 valence electrons. The summed E-state index contributed by atoms with van der Waals surface area (Å²) >= 11 is 1.41. The average molecular weight is 159 g/mol. The Morgan fingerprint density at radius 2 is 1.80 bits per heavy atom. The van der Waals surface area contributed by atoms with Crippen LogP contribution in [0.25, 0.3) is 0 Å². The summed E-state index contributed by atoms with van der Waals surface area (Å²) in [4.78, 5) is 4.77. The highest BCUT2D eigenvalue weighted by Crippen LogP contribution is 2.19. The Morgan fingerprint density at radius 3 is 1.90 bits per heavy atom. The largest absolute Gasteiger partial charge is 0.383 e. The number of rotatable bonds is 0. The Bertz CT molecular complexity index is 175. The Balaban J connectivity index is 0.000000371. The maximum atomic E-state index is 5.36. The number of nitrogens with two attached hydrogens (primary N) is 2. The Morgan fingerprint density at radius 1 is 1.30 bits per heavy atom. The van der Waals surface area contributed by atoms with E-state index in [2.05, 4.69) is 4.98 Å². The molecular weight excluding hydrogens is 146 g/mol. The van der Waals surface area contributed by atoms with Crippen LogP contribution in [-0.2, 0) is 0 Å². The Hall–Kier alpha value is -0.770. The lowest BCUT2D eigenvalue weighted by Crippen LogP contribution is -1.87. The molecule has 0 amide bonds. The third-order valence-corrected chi connectivity index (χ3v) is 1.66. The molecule has 0 bridgehead atoms. The summed E-state index contributed by atoms with van der Waals surface area (Å²) < 4.78 is 0.